The van der Waals surface area contributed by atoms with Gasteiger partial charge >= 0.3 is 6.03 Å². The molecule has 0 aromatic heterocycles. The van der Waals surface area contributed by atoms with Crippen LogP contribution in [0.1, 0.15) is 12.5 Å². The highest BCUT2D eigenvalue weighted by molar-refractivity contribution is 6.10. The standard InChI is InChI=1S/C20H19F2N3O4/c1-20(10-12-5-3-4-6-16(12)29-2)18(27)25(19(28)24-20)11-17(26)23-15-9-13(21)7-8-14(15)22/h3-9H,10-11H2,1-2H3,(H,23,26)(H,24,28)/t20-/m1/s1. The molecular formula is C20H19F2N3O4. The maximum absolute atomic E-state index is 13.7. The highest BCUT2D eigenvalue weighted by atomic mass is 19.1. The third-order valence-electron chi connectivity index (χ3n) is 4.59. The number of hydrogen-bond donors (Lipinski definition) is 2. The van der Waals surface area contributed by atoms with Crippen molar-refractivity contribution in [1.29, 1.82) is 0 Å². The lowest BCUT2D eigenvalue weighted by Crippen LogP contribution is -2.46. The SMILES string of the molecule is COc1ccccc1C[C@@]1(C)NC(=O)N(CC(=O)Nc2cc(F)ccc2F)C1=O. The molecule has 4 amide bonds. The van der Waals surface area contributed by atoms with E-state index in [0.717, 1.165) is 23.1 Å². The third-order valence-corrected chi connectivity index (χ3v) is 4.59. The molecule has 1 fully saturated rings. The van der Waals surface area contributed by atoms with Crippen LogP contribution in [0, 0.1) is 11.6 Å². The summed E-state index contributed by atoms with van der Waals surface area (Å²) in [6.45, 7) is 0.909. The monoisotopic (exact) mass is 403 g/mol. The summed E-state index contributed by atoms with van der Waals surface area (Å²) in [5.41, 5.74) is -0.950. The largest absolute Gasteiger partial charge is 0.496 e. The van der Waals surface area contributed by atoms with E-state index < -0.39 is 41.6 Å². The van der Waals surface area contributed by atoms with E-state index in [0.29, 0.717) is 11.3 Å². The van der Waals surface area contributed by atoms with Crippen molar-refractivity contribution in [2.45, 2.75) is 18.9 Å². The lowest BCUT2D eigenvalue weighted by Gasteiger charge is -2.22. The van der Waals surface area contributed by atoms with Crippen LogP contribution in [-0.2, 0) is 16.0 Å². The Kier molecular flexibility index (Phi) is 5.49. The van der Waals surface area contributed by atoms with Gasteiger partial charge in [0.1, 0.15) is 29.5 Å². The molecule has 29 heavy (non-hydrogen) atoms. The van der Waals surface area contributed by atoms with Gasteiger partial charge in [-0.3, -0.25) is 14.5 Å². The summed E-state index contributed by atoms with van der Waals surface area (Å²) in [4.78, 5) is 38.1. The van der Waals surface area contributed by atoms with Gasteiger partial charge < -0.3 is 15.4 Å². The quantitative estimate of drug-likeness (QED) is 0.726. The number of ether oxygens (including phenoxy) is 1. The summed E-state index contributed by atoms with van der Waals surface area (Å²) < 4.78 is 32.2. The fraction of sp³-hybridized carbons (Fsp3) is 0.250. The number of methoxy groups -OCH3 is 1. The zero-order valence-corrected chi connectivity index (χ0v) is 15.8. The van der Waals surface area contributed by atoms with Gasteiger partial charge in [-0.05, 0) is 30.7 Å². The van der Waals surface area contributed by atoms with E-state index in [-0.39, 0.29) is 12.1 Å². The number of rotatable bonds is 6. The minimum absolute atomic E-state index is 0.151. The number of anilines is 1. The average Bonchev–Trinajstić information content (AvgIpc) is 2.88. The Bertz CT molecular complexity index is 982. The number of benzene rings is 2. The topological polar surface area (TPSA) is 87.7 Å². The molecule has 0 spiro atoms. The average molecular weight is 403 g/mol. The van der Waals surface area contributed by atoms with Gasteiger partial charge in [-0.2, -0.15) is 0 Å². The predicted octanol–water partition coefficient (Wildman–Crippen LogP) is 2.47. The minimum Gasteiger partial charge on any atom is -0.496 e. The van der Waals surface area contributed by atoms with Crippen LogP contribution in [0.15, 0.2) is 42.5 Å². The fourth-order valence-electron chi connectivity index (χ4n) is 3.17. The van der Waals surface area contributed by atoms with E-state index in [1.165, 1.54) is 7.11 Å². The number of hydrogen-bond acceptors (Lipinski definition) is 4. The molecule has 7 nitrogen and oxygen atoms in total. The smallest absolute Gasteiger partial charge is 0.325 e. The zero-order valence-electron chi connectivity index (χ0n) is 15.8. The van der Waals surface area contributed by atoms with Crippen LogP contribution in [0.25, 0.3) is 0 Å². The number of para-hydroxylation sites is 1. The van der Waals surface area contributed by atoms with Gasteiger partial charge in [0.25, 0.3) is 5.91 Å². The van der Waals surface area contributed by atoms with Crippen molar-refractivity contribution in [2.75, 3.05) is 19.0 Å². The second kappa shape index (κ2) is 7.86. The molecule has 0 aliphatic carbocycles. The van der Waals surface area contributed by atoms with Crippen LogP contribution >= 0.6 is 0 Å². The number of nitrogens with zero attached hydrogens (tertiary/aromatic N) is 1. The molecule has 3 rings (SSSR count). The van der Waals surface area contributed by atoms with E-state index in [2.05, 4.69) is 10.6 Å². The Balaban J connectivity index is 1.73. The first-order chi connectivity index (χ1) is 13.7. The number of imide groups is 1. The molecule has 1 heterocycles. The lowest BCUT2D eigenvalue weighted by molar-refractivity contribution is -0.133. The molecule has 1 aliphatic rings. The molecule has 0 saturated carbocycles. The Labute approximate surface area is 165 Å². The van der Waals surface area contributed by atoms with E-state index in [1.54, 1.807) is 31.2 Å². The normalized spacial score (nSPS) is 18.6. The number of carbonyl (C=O) groups excluding carboxylic acids is 3. The zero-order chi connectivity index (χ0) is 21.2. The van der Waals surface area contributed by atoms with E-state index in [9.17, 15) is 23.2 Å². The molecule has 2 aromatic carbocycles. The molecular weight excluding hydrogens is 384 g/mol. The van der Waals surface area contributed by atoms with Gasteiger partial charge in [-0.1, -0.05) is 18.2 Å². The predicted molar refractivity (Wildman–Crippen MR) is 100 cm³/mol. The van der Waals surface area contributed by atoms with Gasteiger partial charge in [0.15, 0.2) is 0 Å². The highest BCUT2D eigenvalue weighted by Gasteiger charge is 2.48. The highest BCUT2D eigenvalue weighted by Crippen LogP contribution is 2.27. The summed E-state index contributed by atoms with van der Waals surface area (Å²) in [7, 11) is 1.50. The number of nitrogens with one attached hydrogen (secondary N) is 2. The number of urea groups is 1. The molecule has 2 N–H and O–H groups in total. The minimum atomic E-state index is -1.28. The Morgan fingerprint density at radius 3 is 2.66 bits per heavy atom. The van der Waals surface area contributed by atoms with Gasteiger partial charge in [0.05, 0.1) is 12.8 Å². The summed E-state index contributed by atoms with van der Waals surface area (Å²) >= 11 is 0. The summed E-state index contributed by atoms with van der Waals surface area (Å²) in [6, 6.07) is 8.90. The van der Waals surface area contributed by atoms with Crippen molar-refractivity contribution in [2.24, 2.45) is 0 Å². The van der Waals surface area contributed by atoms with Crippen LogP contribution in [-0.4, -0.2) is 41.9 Å². The van der Waals surface area contributed by atoms with E-state index in [4.69, 9.17) is 4.74 Å². The van der Waals surface area contributed by atoms with Gasteiger partial charge in [-0.25, -0.2) is 13.6 Å². The van der Waals surface area contributed by atoms with Crippen molar-refractivity contribution in [3.05, 3.63) is 59.7 Å². The van der Waals surface area contributed by atoms with Crippen LogP contribution < -0.4 is 15.4 Å². The fourth-order valence-corrected chi connectivity index (χ4v) is 3.17. The van der Waals surface area contributed by atoms with Gasteiger partial charge in [0, 0.05) is 12.5 Å². The van der Waals surface area contributed by atoms with Crippen molar-refractivity contribution >= 4 is 23.5 Å². The first-order valence-corrected chi connectivity index (χ1v) is 8.74. The molecule has 2 aromatic rings. The molecule has 1 aliphatic heterocycles. The van der Waals surface area contributed by atoms with Crippen LogP contribution in [0.3, 0.4) is 0 Å². The Morgan fingerprint density at radius 1 is 1.21 bits per heavy atom. The van der Waals surface area contributed by atoms with Crippen molar-refractivity contribution in [3.63, 3.8) is 0 Å². The van der Waals surface area contributed by atoms with Crippen molar-refractivity contribution < 1.29 is 27.9 Å². The van der Waals surface area contributed by atoms with Crippen LogP contribution in [0.5, 0.6) is 5.75 Å². The first kappa shape index (κ1) is 20.2. The molecule has 1 atom stereocenters. The second-order valence-electron chi connectivity index (χ2n) is 6.81. The maximum atomic E-state index is 13.7. The number of halogens is 2. The lowest BCUT2D eigenvalue weighted by atomic mass is 9.92. The third kappa shape index (κ3) is 4.18. The Morgan fingerprint density at radius 2 is 1.93 bits per heavy atom. The van der Waals surface area contributed by atoms with Gasteiger partial charge in [0.2, 0.25) is 5.91 Å². The molecule has 9 heteroatoms. The van der Waals surface area contributed by atoms with E-state index >= 15 is 0 Å². The molecule has 0 radical (unpaired) electrons. The molecule has 1 saturated heterocycles. The maximum Gasteiger partial charge on any atom is 0.325 e. The van der Waals surface area contributed by atoms with Gasteiger partial charge in [-0.15, -0.1) is 0 Å². The first-order valence-electron chi connectivity index (χ1n) is 8.74. The summed E-state index contributed by atoms with van der Waals surface area (Å²) in [6.07, 6.45) is 0.151. The summed E-state index contributed by atoms with van der Waals surface area (Å²) in [5, 5.41) is 4.75. The second-order valence-corrected chi connectivity index (χ2v) is 6.81. The van der Waals surface area contributed by atoms with E-state index in [1.807, 2.05) is 0 Å². The van der Waals surface area contributed by atoms with Crippen molar-refractivity contribution in [1.82, 2.24) is 10.2 Å². The number of amides is 4. The Hall–Kier alpha value is -3.49. The molecule has 0 bridgehead atoms. The van der Waals surface area contributed by atoms with Crippen molar-refractivity contribution in [3.8, 4) is 5.75 Å². The molecule has 152 valence electrons. The number of carbonyl (C=O) groups is 3. The van der Waals surface area contributed by atoms with Crippen LogP contribution in [0.4, 0.5) is 19.3 Å². The summed E-state index contributed by atoms with van der Waals surface area (Å²) in [5.74, 6) is -2.45. The molecule has 0 unspecified atom stereocenters. The van der Waals surface area contributed by atoms with Crippen LogP contribution in [0.2, 0.25) is 0 Å².